The van der Waals surface area contributed by atoms with Crippen LogP contribution in [0.2, 0.25) is 0 Å². The molecule has 1 N–H and O–H groups in total. The molecule has 0 saturated heterocycles. The number of amides is 1. The van der Waals surface area contributed by atoms with Gasteiger partial charge in [0.25, 0.3) is 11.5 Å². The second kappa shape index (κ2) is 10.0. The van der Waals surface area contributed by atoms with E-state index in [0.29, 0.717) is 12.3 Å². The number of hydrogen-bond acceptors (Lipinski definition) is 6. The molecule has 0 radical (unpaired) electrons. The van der Waals surface area contributed by atoms with E-state index in [4.69, 9.17) is 4.74 Å². The summed E-state index contributed by atoms with van der Waals surface area (Å²) in [5.74, 6) is 0.336. The molecule has 10 heteroatoms. The van der Waals surface area contributed by atoms with Crippen LogP contribution in [-0.2, 0) is 13.1 Å². The molecule has 162 valence electrons. The SMILES string of the molecule is O=C(Nc1ncn(Cc2ccc(Br)cc2)n1)c1ccc(=O)n(CCOc2ccccc2)n1. The predicted molar refractivity (Wildman–Crippen MR) is 122 cm³/mol. The summed E-state index contributed by atoms with van der Waals surface area (Å²) in [6, 6.07) is 19.7. The zero-order valence-electron chi connectivity index (χ0n) is 16.9. The molecule has 4 rings (SSSR count). The number of carbonyl (C=O) groups is 1. The van der Waals surface area contributed by atoms with E-state index in [2.05, 4.69) is 36.4 Å². The maximum atomic E-state index is 12.6. The van der Waals surface area contributed by atoms with Crippen LogP contribution >= 0.6 is 15.9 Å². The summed E-state index contributed by atoms with van der Waals surface area (Å²) < 4.78 is 9.40. The molecule has 0 spiro atoms. The molecule has 2 aromatic carbocycles. The molecule has 0 aliphatic carbocycles. The zero-order chi connectivity index (χ0) is 22.3. The minimum Gasteiger partial charge on any atom is -0.492 e. The lowest BCUT2D eigenvalue weighted by Crippen LogP contribution is -2.28. The van der Waals surface area contributed by atoms with Crippen molar-refractivity contribution < 1.29 is 9.53 Å². The number of benzene rings is 2. The van der Waals surface area contributed by atoms with E-state index in [1.54, 1.807) is 4.68 Å². The van der Waals surface area contributed by atoms with Crippen molar-refractivity contribution in [1.82, 2.24) is 24.5 Å². The molecule has 9 nitrogen and oxygen atoms in total. The summed E-state index contributed by atoms with van der Waals surface area (Å²) in [6.07, 6.45) is 1.53. The monoisotopic (exact) mass is 494 g/mol. The van der Waals surface area contributed by atoms with Gasteiger partial charge in [-0.05, 0) is 35.9 Å². The van der Waals surface area contributed by atoms with Crippen molar-refractivity contribution >= 4 is 27.8 Å². The molecule has 0 bridgehead atoms. The standard InChI is InChI=1S/C22H19BrN6O3/c23-17-8-6-16(7-9-17)14-28-15-24-22(27-28)25-21(31)19-10-11-20(30)29(26-19)12-13-32-18-4-2-1-3-5-18/h1-11,15H,12-14H2,(H,25,27,31). The lowest BCUT2D eigenvalue weighted by atomic mass is 10.2. The van der Waals surface area contributed by atoms with E-state index >= 15 is 0 Å². The first-order chi connectivity index (χ1) is 15.6. The van der Waals surface area contributed by atoms with E-state index in [1.165, 1.54) is 23.1 Å². The zero-order valence-corrected chi connectivity index (χ0v) is 18.5. The third-order valence-corrected chi connectivity index (χ3v) is 4.96. The molecular formula is C22H19BrN6O3. The van der Waals surface area contributed by atoms with Gasteiger partial charge in [-0.2, -0.15) is 5.10 Å². The minimum atomic E-state index is -0.510. The highest BCUT2D eigenvalue weighted by Gasteiger charge is 2.13. The van der Waals surface area contributed by atoms with Crippen LogP contribution in [0.5, 0.6) is 5.75 Å². The Bertz CT molecular complexity index is 1250. The first kappa shape index (κ1) is 21.4. The molecule has 2 aromatic heterocycles. The Morgan fingerprint density at radius 2 is 1.78 bits per heavy atom. The summed E-state index contributed by atoms with van der Waals surface area (Å²) in [5.41, 5.74) is 0.797. The first-order valence-electron chi connectivity index (χ1n) is 9.78. The summed E-state index contributed by atoms with van der Waals surface area (Å²) >= 11 is 3.40. The van der Waals surface area contributed by atoms with Gasteiger partial charge in [0.15, 0.2) is 0 Å². The molecule has 0 fully saturated rings. The number of rotatable bonds is 8. The lowest BCUT2D eigenvalue weighted by Gasteiger charge is -2.08. The van der Waals surface area contributed by atoms with Gasteiger partial charge in [0.2, 0.25) is 5.95 Å². The molecule has 0 atom stereocenters. The van der Waals surface area contributed by atoms with Gasteiger partial charge in [-0.3, -0.25) is 14.9 Å². The van der Waals surface area contributed by atoms with Crippen LogP contribution < -0.4 is 15.6 Å². The topological polar surface area (TPSA) is 104 Å². The quantitative estimate of drug-likeness (QED) is 0.403. The molecule has 32 heavy (non-hydrogen) atoms. The average molecular weight is 495 g/mol. The Labute approximate surface area is 191 Å². The van der Waals surface area contributed by atoms with Crippen molar-refractivity contribution in [3.05, 3.63) is 99.1 Å². The Hall–Kier alpha value is -3.79. The van der Waals surface area contributed by atoms with Gasteiger partial charge < -0.3 is 4.74 Å². The number of anilines is 1. The number of nitrogens with zero attached hydrogens (tertiary/aromatic N) is 5. The van der Waals surface area contributed by atoms with Crippen LogP contribution in [0.3, 0.4) is 0 Å². The average Bonchev–Trinajstić information content (AvgIpc) is 3.24. The van der Waals surface area contributed by atoms with Gasteiger partial charge >= 0.3 is 0 Å². The maximum Gasteiger partial charge on any atom is 0.278 e. The summed E-state index contributed by atoms with van der Waals surface area (Å²) in [5, 5.41) is 11.0. The Morgan fingerprint density at radius 1 is 1.00 bits per heavy atom. The van der Waals surface area contributed by atoms with Crippen molar-refractivity contribution in [3.8, 4) is 5.75 Å². The molecule has 0 saturated carbocycles. The fraction of sp³-hybridized carbons (Fsp3) is 0.136. The van der Waals surface area contributed by atoms with Gasteiger partial charge in [0.05, 0.1) is 13.1 Å². The molecule has 2 heterocycles. The normalized spacial score (nSPS) is 10.7. The molecule has 0 aliphatic heterocycles. The smallest absolute Gasteiger partial charge is 0.278 e. The van der Waals surface area contributed by atoms with Crippen molar-refractivity contribution in [2.75, 3.05) is 11.9 Å². The van der Waals surface area contributed by atoms with Crippen LogP contribution in [0.15, 0.2) is 82.3 Å². The Kier molecular flexibility index (Phi) is 6.71. The van der Waals surface area contributed by atoms with Crippen LogP contribution in [0.1, 0.15) is 16.1 Å². The lowest BCUT2D eigenvalue weighted by molar-refractivity contribution is 0.101. The van der Waals surface area contributed by atoms with Crippen molar-refractivity contribution in [3.63, 3.8) is 0 Å². The number of para-hydroxylation sites is 1. The number of hydrogen-bond donors (Lipinski definition) is 1. The fourth-order valence-corrected chi connectivity index (χ4v) is 3.13. The fourth-order valence-electron chi connectivity index (χ4n) is 2.87. The molecular weight excluding hydrogens is 476 g/mol. The van der Waals surface area contributed by atoms with Gasteiger partial charge in [-0.1, -0.05) is 46.3 Å². The largest absolute Gasteiger partial charge is 0.492 e. The molecule has 0 aliphatic rings. The Balaban J connectivity index is 1.37. The van der Waals surface area contributed by atoms with E-state index in [-0.39, 0.29) is 30.4 Å². The third kappa shape index (κ3) is 5.67. The molecule has 0 unspecified atom stereocenters. The van der Waals surface area contributed by atoms with Gasteiger partial charge in [-0.15, -0.1) is 5.10 Å². The van der Waals surface area contributed by atoms with E-state index < -0.39 is 5.91 Å². The number of ether oxygens (including phenoxy) is 1. The highest BCUT2D eigenvalue weighted by molar-refractivity contribution is 9.10. The van der Waals surface area contributed by atoms with Crippen molar-refractivity contribution in [2.45, 2.75) is 13.1 Å². The highest BCUT2D eigenvalue weighted by atomic mass is 79.9. The number of halogens is 1. The summed E-state index contributed by atoms with van der Waals surface area (Å²) in [4.78, 5) is 28.8. The third-order valence-electron chi connectivity index (χ3n) is 4.43. The van der Waals surface area contributed by atoms with Crippen LogP contribution in [0.4, 0.5) is 5.95 Å². The van der Waals surface area contributed by atoms with Crippen molar-refractivity contribution in [1.29, 1.82) is 0 Å². The minimum absolute atomic E-state index is 0.0774. The first-order valence-corrected chi connectivity index (χ1v) is 10.6. The van der Waals surface area contributed by atoms with Crippen LogP contribution in [0, 0.1) is 0 Å². The number of aromatic nitrogens is 5. The van der Waals surface area contributed by atoms with Gasteiger partial charge in [0, 0.05) is 10.5 Å². The van der Waals surface area contributed by atoms with E-state index in [1.807, 2.05) is 54.6 Å². The van der Waals surface area contributed by atoms with E-state index in [0.717, 1.165) is 10.0 Å². The van der Waals surface area contributed by atoms with Crippen LogP contribution in [0.25, 0.3) is 0 Å². The van der Waals surface area contributed by atoms with Gasteiger partial charge in [-0.25, -0.2) is 14.3 Å². The summed E-state index contributed by atoms with van der Waals surface area (Å²) in [6.45, 7) is 0.958. The molecule has 4 aromatic rings. The second-order valence-corrected chi connectivity index (χ2v) is 7.70. The number of nitrogens with one attached hydrogen (secondary N) is 1. The van der Waals surface area contributed by atoms with Crippen LogP contribution in [-0.4, -0.2) is 37.1 Å². The molecule has 1 amide bonds. The highest BCUT2D eigenvalue weighted by Crippen LogP contribution is 2.12. The van der Waals surface area contributed by atoms with Crippen molar-refractivity contribution in [2.24, 2.45) is 0 Å². The number of carbonyl (C=O) groups excluding carboxylic acids is 1. The maximum absolute atomic E-state index is 12.6. The second-order valence-electron chi connectivity index (χ2n) is 6.79. The Morgan fingerprint density at radius 3 is 2.56 bits per heavy atom. The van der Waals surface area contributed by atoms with Gasteiger partial charge in [0.1, 0.15) is 24.4 Å². The van der Waals surface area contributed by atoms with E-state index in [9.17, 15) is 9.59 Å². The summed E-state index contributed by atoms with van der Waals surface area (Å²) in [7, 11) is 0. The predicted octanol–water partition coefficient (Wildman–Crippen LogP) is 2.98.